The summed E-state index contributed by atoms with van der Waals surface area (Å²) in [6, 6.07) is 26.6. The lowest BCUT2D eigenvalue weighted by atomic mass is 9.86. The number of benzene rings is 3. The zero-order chi connectivity index (χ0) is 21.1. The molecule has 0 saturated heterocycles. The Hall–Kier alpha value is -3.33. The lowest BCUT2D eigenvalue weighted by Crippen LogP contribution is -2.29. The highest BCUT2D eigenvalue weighted by Gasteiger charge is 2.20. The van der Waals surface area contributed by atoms with E-state index in [0.29, 0.717) is 12.1 Å². The van der Waals surface area contributed by atoms with Crippen molar-refractivity contribution in [1.82, 2.24) is 10.3 Å². The van der Waals surface area contributed by atoms with Crippen molar-refractivity contribution in [3.05, 3.63) is 107 Å². The molecule has 0 aliphatic heterocycles. The minimum Gasteiger partial charge on any atom is -0.361 e. The molecule has 30 heavy (non-hydrogen) atoms. The molecule has 4 rings (SSSR count). The van der Waals surface area contributed by atoms with E-state index in [-0.39, 0.29) is 17.2 Å². The number of carbonyl (C=O) groups excluding carboxylic acids is 1. The largest absolute Gasteiger partial charge is 0.361 e. The summed E-state index contributed by atoms with van der Waals surface area (Å²) in [5.74, 6) is 0.0244. The van der Waals surface area contributed by atoms with Gasteiger partial charge in [0, 0.05) is 35.1 Å². The van der Waals surface area contributed by atoms with Gasteiger partial charge in [-0.05, 0) is 40.3 Å². The molecule has 0 saturated carbocycles. The number of H-pyrrole nitrogens is 1. The second-order valence-corrected chi connectivity index (χ2v) is 8.79. The quantitative estimate of drug-likeness (QED) is 0.425. The zero-order valence-corrected chi connectivity index (χ0v) is 17.8. The minimum atomic E-state index is -0.0452. The van der Waals surface area contributed by atoms with E-state index in [4.69, 9.17) is 0 Å². The molecular formula is C27H28N2O. The van der Waals surface area contributed by atoms with E-state index in [0.717, 1.165) is 5.52 Å². The van der Waals surface area contributed by atoms with E-state index in [9.17, 15) is 4.79 Å². The number of aromatic nitrogens is 1. The average Bonchev–Trinajstić information content (AvgIpc) is 3.18. The molecule has 0 aliphatic rings. The Balaban J connectivity index is 1.58. The van der Waals surface area contributed by atoms with Gasteiger partial charge in [-0.3, -0.25) is 4.79 Å². The van der Waals surface area contributed by atoms with Gasteiger partial charge in [0.2, 0.25) is 0 Å². The summed E-state index contributed by atoms with van der Waals surface area (Å²) < 4.78 is 0. The topological polar surface area (TPSA) is 44.9 Å². The average molecular weight is 397 g/mol. The fraction of sp³-hybridized carbons (Fsp3) is 0.222. The molecule has 0 aliphatic carbocycles. The monoisotopic (exact) mass is 396 g/mol. The number of carbonyl (C=O) groups is 1. The first kappa shape index (κ1) is 20.0. The highest BCUT2D eigenvalue weighted by molar-refractivity contribution is 5.94. The smallest absolute Gasteiger partial charge is 0.251 e. The van der Waals surface area contributed by atoms with Crippen molar-refractivity contribution in [3.63, 3.8) is 0 Å². The standard InChI is InChI=1S/C27H28N2O/c1-27(2,3)21-15-13-20(14-16-21)26(30)29-17-23(19-9-5-4-6-10-19)24-18-28-25-12-8-7-11-22(24)25/h4-16,18,23,28H,17H2,1-3H3,(H,29,30). The van der Waals surface area contributed by atoms with E-state index in [1.807, 2.05) is 48.5 Å². The Morgan fingerprint density at radius 1 is 0.900 bits per heavy atom. The van der Waals surface area contributed by atoms with Crippen LogP contribution in [0.3, 0.4) is 0 Å². The molecule has 0 radical (unpaired) electrons. The molecular weight excluding hydrogens is 368 g/mol. The van der Waals surface area contributed by atoms with Crippen molar-refractivity contribution < 1.29 is 4.79 Å². The first-order chi connectivity index (χ1) is 14.4. The van der Waals surface area contributed by atoms with Gasteiger partial charge in [0.15, 0.2) is 0 Å². The van der Waals surface area contributed by atoms with Crippen molar-refractivity contribution in [2.45, 2.75) is 32.1 Å². The fourth-order valence-electron chi connectivity index (χ4n) is 3.89. The molecule has 1 heterocycles. The van der Waals surface area contributed by atoms with Crippen molar-refractivity contribution in [2.75, 3.05) is 6.54 Å². The van der Waals surface area contributed by atoms with Crippen LogP contribution in [0.15, 0.2) is 85.1 Å². The van der Waals surface area contributed by atoms with Crippen LogP contribution in [0.4, 0.5) is 0 Å². The predicted molar refractivity (Wildman–Crippen MR) is 124 cm³/mol. The molecule has 0 fully saturated rings. The van der Waals surface area contributed by atoms with Crippen LogP contribution in [0.25, 0.3) is 10.9 Å². The van der Waals surface area contributed by atoms with E-state index in [2.05, 4.69) is 67.6 Å². The van der Waals surface area contributed by atoms with Crippen LogP contribution in [0.1, 0.15) is 53.7 Å². The molecule has 3 heteroatoms. The summed E-state index contributed by atoms with van der Waals surface area (Å²) in [4.78, 5) is 16.2. The van der Waals surface area contributed by atoms with Crippen LogP contribution in [-0.4, -0.2) is 17.4 Å². The lowest BCUT2D eigenvalue weighted by molar-refractivity contribution is 0.0952. The van der Waals surface area contributed by atoms with Gasteiger partial charge in [-0.2, -0.15) is 0 Å². The van der Waals surface area contributed by atoms with Crippen LogP contribution >= 0.6 is 0 Å². The van der Waals surface area contributed by atoms with Crippen molar-refractivity contribution >= 4 is 16.8 Å². The van der Waals surface area contributed by atoms with Crippen LogP contribution in [0, 0.1) is 0 Å². The first-order valence-corrected chi connectivity index (χ1v) is 10.4. The Morgan fingerprint density at radius 2 is 1.57 bits per heavy atom. The Bertz CT molecular complexity index is 1130. The molecule has 152 valence electrons. The molecule has 1 atom stereocenters. The number of rotatable bonds is 5. The Morgan fingerprint density at radius 3 is 2.27 bits per heavy atom. The number of nitrogens with one attached hydrogen (secondary N) is 2. The second-order valence-electron chi connectivity index (χ2n) is 8.79. The van der Waals surface area contributed by atoms with Gasteiger partial charge >= 0.3 is 0 Å². The predicted octanol–water partition coefficient (Wildman–Crippen LogP) is 6.03. The molecule has 1 aromatic heterocycles. The summed E-state index contributed by atoms with van der Waals surface area (Å²) in [5, 5.41) is 4.35. The number of hydrogen-bond donors (Lipinski definition) is 2. The number of aromatic amines is 1. The molecule has 1 amide bonds. The third kappa shape index (κ3) is 4.16. The number of para-hydroxylation sites is 1. The van der Waals surface area contributed by atoms with Crippen molar-refractivity contribution in [3.8, 4) is 0 Å². The summed E-state index contributed by atoms with van der Waals surface area (Å²) in [7, 11) is 0. The maximum Gasteiger partial charge on any atom is 0.251 e. The summed E-state index contributed by atoms with van der Waals surface area (Å²) in [6.45, 7) is 7.06. The van der Waals surface area contributed by atoms with Crippen molar-refractivity contribution in [1.29, 1.82) is 0 Å². The molecule has 3 nitrogen and oxygen atoms in total. The van der Waals surface area contributed by atoms with Gasteiger partial charge in [-0.25, -0.2) is 0 Å². The molecule has 4 aromatic rings. The highest BCUT2D eigenvalue weighted by atomic mass is 16.1. The zero-order valence-electron chi connectivity index (χ0n) is 17.8. The third-order valence-corrected chi connectivity index (χ3v) is 5.68. The van der Waals surface area contributed by atoms with E-state index < -0.39 is 0 Å². The maximum absolute atomic E-state index is 12.9. The summed E-state index contributed by atoms with van der Waals surface area (Å²) in [6.07, 6.45) is 2.06. The normalized spacial score (nSPS) is 12.6. The molecule has 0 bridgehead atoms. The van der Waals surface area contributed by atoms with Gasteiger partial charge in [0.25, 0.3) is 5.91 Å². The number of hydrogen-bond acceptors (Lipinski definition) is 1. The molecule has 0 spiro atoms. The van der Waals surface area contributed by atoms with E-state index >= 15 is 0 Å². The minimum absolute atomic E-state index is 0.0452. The summed E-state index contributed by atoms with van der Waals surface area (Å²) >= 11 is 0. The first-order valence-electron chi connectivity index (χ1n) is 10.4. The van der Waals surface area contributed by atoms with Crippen LogP contribution in [-0.2, 0) is 5.41 Å². The van der Waals surface area contributed by atoms with Gasteiger partial charge in [-0.1, -0.05) is 81.4 Å². The molecule has 3 aromatic carbocycles. The Labute approximate surface area is 178 Å². The van der Waals surface area contributed by atoms with Gasteiger partial charge in [0.05, 0.1) is 0 Å². The Kier molecular flexibility index (Phi) is 5.45. The van der Waals surface area contributed by atoms with Gasteiger partial charge in [0.1, 0.15) is 0 Å². The molecule has 2 N–H and O–H groups in total. The fourth-order valence-corrected chi connectivity index (χ4v) is 3.89. The van der Waals surface area contributed by atoms with Gasteiger partial charge < -0.3 is 10.3 Å². The third-order valence-electron chi connectivity index (χ3n) is 5.68. The molecule has 1 unspecified atom stereocenters. The van der Waals surface area contributed by atoms with E-state index in [1.54, 1.807) is 0 Å². The number of fused-ring (bicyclic) bond motifs is 1. The number of amides is 1. The maximum atomic E-state index is 12.9. The summed E-state index contributed by atoms with van der Waals surface area (Å²) in [5.41, 5.74) is 5.47. The second kappa shape index (κ2) is 8.19. The van der Waals surface area contributed by atoms with Crippen LogP contribution < -0.4 is 5.32 Å². The van der Waals surface area contributed by atoms with E-state index in [1.165, 1.54) is 22.1 Å². The van der Waals surface area contributed by atoms with Gasteiger partial charge in [-0.15, -0.1) is 0 Å². The van der Waals surface area contributed by atoms with Crippen LogP contribution in [0.5, 0.6) is 0 Å². The lowest BCUT2D eigenvalue weighted by Gasteiger charge is -2.20. The highest BCUT2D eigenvalue weighted by Crippen LogP contribution is 2.30. The van der Waals surface area contributed by atoms with Crippen molar-refractivity contribution in [2.24, 2.45) is 0 Å². The SMILES string of the molecule is CC(C)(C)c1ccc(C(=O)NCC(c2ccccc2)c2c[nH]c3ccccc23)cc1. The van der Waals surface area contributed by atoms with Crippen LogP contribution in [0.2, 0.25) is 0 Å².